The first-order valence-electron chi connectivity index (χ1n) is 32.2. The summed E-state index contributed by atoms with van der Waals surface area (Å²) in [5.41, 5.74) is 0. The molecule has 0 heterocycles. The highest BCUT2D eigenvalue weighted by atomic mass is 31.2. The van der Waals surface area contributed by atoms with E-state index in [4.69, 9.17) is 9.05 Å². The number of likely N-dealkylation sites (N-methyl/N-ethyl adjacent to an activating group) is 1. The van der Waals surface area contributed by atoms with Crippen molar-refractivity contribution in [2.45, 2.75) is 257 Å². The number of phosphoric ester groups is 1. The number of phosphoric acid groups is 1. The zero-order chi connectivity index (χ0) is 58.4. The molecule has 9 heteroatoms. The van der Waals surface area contributed by atoms with Gasteiger partial charge in [0.2, 0.25) is 5.91 Å². The monoisotopic (exact) mass is 1130 g/mol. The lowest BCUT2D eigenvalue weighted by Crippen LogP contribution is -2.45. The molecule has 0 fully saturated rings. The van der Waals surface area contributed by atoms with Gasteiger partial charge < -0.3 is 19.8 Å². The number of amides is 1. The smallest absolute Gasteiger partial charge is 0.387 e. The average molecular weight is 1130 g/mol. The molecule has 0 rings (SSSR count). The highest BCUT2D eigenvalue weighted by Gasteiger charge is 2.27. The molecule has 3 unspecified atom stereocenters. The van der Waals surface area contributed by atoms with Crippen LogP contribution in [-0.4, -0.2) is 73.4 Å². The van der Waals surface area contributed by atoms with E-state index in [2.05, 4.69) is 153 Å². The molecule has 0 aliphatic rings. The van der Waals surface area contributed by atoms with Crippen LogP contribution < -0.4 is 5.32 Å². The van der Waals surface area contributed by atoms with Crippen molar-refractivity contribution in [3.05, 3.63) is 146 Å². The Labute approximate surface area is 493 Å². The second-order valence-electron chi connectivity index (χ2n) is 22.4. The van der Waals surface area contributed by atoms with Crippen molar-refractivity contribution in [1.29, 1.82) is 0 Å². The van der Waals surface area contributed by atoms with Gasteiger partial charge in [-0.15, -0.1) is 0 Å². The maximum Gasteiger partial charge on any atom is 0.472 e. The Morgan fingerprint density at radius 2 is 0.762 bits per heavy atom. The summed E-state index contributed by atoms with van der Waals surface area (Å²) in [7, 11) is 1.53. The zero-order valence-electron chi connectivity index (χ0n) is 52.0. The molecule has 0 bridgehead atoms. The molecule has 0 saturated heterocycles. The summed E-state index contributed by atoms with van der Waals surface area (Å²) in [5, 5.41) is 13.9. The minimum absolute atomic E-state index is 0.0455. The first-order chi connectivity index (χ1) is 39.0. The minimum atomic E-state index is -4.37. The van der Waals surface area contributed by atoms with E-state index in [1.165, 1.54) is 103 Å². The lowest BCUT2D eigenvalue weighted by molar-refractivity contribution is -0.870. The zero-order valence-corrected chi connectivity index (χ0v) is 52.9. The Bertz CT molecular complexity index is 1810. The molecule has 3 atom stereocenters. The number of aliphatic hydroxyl groups excluding tert-OH is 1. The molecule has 8 nitrogen and oxygen atoms in total. The van der Waals surface area contributed by atoms with Crippen molar-refractivity contribution in [2.24, 2.45) is 0 Å². The Balaban J connectivity index is 4.25. The molecular weight excluding hydrogens is 1010 g/mol. The molecule has 0 radical (unpaired) electrons. The van der Waals surface area contributed by atoms with Gasteiger partial charge in [0.25, 0.3) is 0 Å². The van der Waals surface area contributed by atoms with Gasteiger partial charge in [-0.05, 0) is 109 Å². The number of nitrogens with zero attached hydrogens (tertiary/aromatic N) is 1. The first kappa shape index (κ1) is 76.4. The van der Waals surface area contributed by atoms with E-state index in [9.17, 15) is 19.4 Å². The standard InChI is InChI=1S/C71H121N2O6P/c1-6-8-10-12-14-16-18-20-22-24-26-28-29-30-31-32-33-34-35-36-37-38-39-40-41-42-43-45-47-49-51-53-55-57-59-61-63-65-71(75)72-69(68-79-80(76,77)78-67-66-73(3,4)5)70(74)64-62-60-58-56-54-52-50-48-46-44-27-25-23-21-19-17-15-13-11-9-7-2/h8,10,14,16,20,22,26,28,30-31,33-34,36-37,39-40,42-43,47,49,54,56,62,64,69-70,74H,6-7,9,11-13,15,17-19,21,23-25,27,29,32,35,38,41,44-46,48,50-53,55,57-61,63,65-68H2,1-5H3,(H-,72,75,76,77)/p+1/b10-8-,16-14-,22-20-,28-26-,31-30-,34-33-,37-36-,40-39-,43-42-,49-47-,56-54+,64-62+. The Hall–Kier alpha value is -3.62. The fourth-order valence-electron chi connectivity index (χ4n) is 8.56. The van der Waals surface area contributed by atoms with Crippen LogP contribution in [0, 0.1) is 0 Å². The van der Waals surface area contributed by atoms with Gasteiger partial charge in [0.15, 0.2) is 0 Å². The van der Waals surface area contributed by atoms with Gasteiger partial charge in [-0.2, -0.15) is 0 Å². The molecule has 456 valence electrons. The van der Waals surface area contributed by atoms with Gasteiger partial charge in [0.1, 0.15) is 13.2 Å². The number of carbonyl (C=O) groups is 1. The molecule has 0 spiro atoms. The van der Waals surface area contributed by atoms with Crippen molar-refractivity contribution >= 4 is 13.7 Å². The van der Waals surface area contributed by atoms with E-state index < -0.39 is 20.0 Å². The lowest BCUT2D eigenvalue weighted by atomic mass is 10.0. The van der Waals surface area contributed by atoms with Crippen LogP contribution in [0.5, 0.6) is 0 Å². The second kappa shape index (κ2) is 60.0. The van der Waals surface area contributed by atoms with Crippen LogP contribution in [0.2, 0.25) is 0 Å². The van der Waals surface area contributed by atoms with Gasteiger partial charge in [-0.1, -0.05) is 275 Å². The number of aliphatic hydroxyl groups is 1. The quantitative estimate of drug-likeness (QED) is 0.0243. The maximum atomic E-state index is 13.0. The van der Waals surface area contributed by atoms with E-state index in [0.717, 1.165) is 122 Å². The summed E-state index contributed by atoms with van der Waals surface area (Å²) in [6.07, 6.45) is 92.5. The summed E-state index contributed by atoms with van der Waals surface area (Å²) in [4.78, 5) is 23.4. The molecular formula is C71H122N2O6P+. The number of nitrogens with one attached hydrogen (secondary N) is 1. The second-order valence-corrected chi connectivity index (χ2v) is 23.8. The molecule has 80 heavy (non-hydrogen) atoms. The van der Waals surface area contributed by atoms with Gasteiger partial charge in [-0.3, -0.25) is 13.8 Å². The number of quaternary nitrogens is 1. The van der Waals surface area contributed by atoms with Crippen molar-refractivity contribution in [3.8, 4) is 0 Å². The van der Waals surface area contributed by atoms with Gasteiger partial charge >= 0.3 is 7.82 Å². The normalized spacial score (nSPS) is 14.7. The number of rotatable bonds is 57. The fraction of sp³-hybridized carbons (Fsp3) is 0.648. The van der Waals surface area contributed by atoms with Crippen LogP contribution in [0.15, 0.2) is 146 Å². The van der Waals surface area contributed by atoms with Crippen LogP contribution in [-0.2, 0) is 18.4 Å². The fourth-order valence-corrected chi connectivity index (χ4v) is 9.29. The SMILES string of the molecule is CC/C=C\C/C=C\C/C=C\C/C=C\C/C=C\C/C=C\C/C=C\C/C=C\C/C=C\C/C=C\CCCCCCCCC(=O)NC(COP(=O)(O)OCC[N+](C)(C)C)C(O)/C=C/CC/C=C/CCCCCCCCCCCCCCCCC. The van der Waals surface area contributed by atoms with Crippen molar-refractivity contribution in [1.82, 2.24) is 5.32 Å². The summed E-state index contributed by atoms with van der Waals surface area (Å²) >= 11 is 0. The third-order valence-corrected chi connectivity index (χ3v) is 14.5. The topological polar surface area (TPSA) is 105 Å². The Morgan fingerprint density at radius 3 is 1.15 bits per heavy atom. The van der Waals surface area contributed by atoms with Crippen LogP contribution in [0.4, 0.5) is 0 Å². The Morgan fingerprint density at radius 1 is 0.438 bits per heavy atom. The van der Waals surface area contributed by atoms with Gasteiger partial charge in [-0.25, -0.2) is 4.57 Å². The molecule has 0 aromatic carbocycles. The van der Waals surface area contributed by atoms with Gasteiger partial charge in [0.05, 0.1) is 39.9 Å². The number of unbranched alkanes of at least 4 members (excludes halogenated alkanes) is 22. The molecule has 0 aliphatic carbocycles. The molecule has 0 aliphatic heterocycles. The van der Waals surface area contributed by atoms with Crippen molar-refractivity contribution in [2.75, 3.05) is 40.9 Å². The van der Waals surface area contributed by atoms with Crippen molar-refractivity contribution < 1.29 is 32.9 Å². The van der Waals surface area contributed by atoms with Crippen molar-refractivity contribution in [3.63, 3.8) is 0 Å². The minimum Gasteiger partial charge on any atom is -0.387 e. The van der Waals surface area contributed by atoms with Crippen LogP contribution >= 0.6 is 7.82 Å². The van der Waals surface area contributed by atoms with Gasteiger partial charge in [0, 0.05) is 6.42 Å². The first-order valence-corrected chi connectivity index (χ1v) is 33.7. The summed E-state index contributed by atoms with van der Waals surface area (Å²) < 4.78 is 23.7. The molecule has 0 aromatic heterocycles. The predicted octanol–water partition coefficient (Wildman–Crippen LogP) is 20.4. The number of carbonyl (C=O) groups excluding carboxylic acids is 1. The molecule has 1 amide bonds. The number of hydrogen-bond donors (Lipinski definition) is 3. The van der Waals surface area contributed by atoms with E-state index in [1.54, 1.807) is 6.08 Å². The van der Waals surface area contributed by atoms with E-state index >= 15 is 0 Å². The van der Waals surface area contributed by atoms with Crippen LogP contribution in [0.1, 0.15) is 245 Å². The largest absolute Gasteiger partial charge is 0.472 e. The lowest BCUT2D eigenvalue weighted by Gasteiger charge is -2.25. The summed E-state index contributed by atoms with van der Waals surface area (Å²) in [5.74, 6) is -0.206. The summed E-state index contributed by atoms with van der Waals surface area (Å²) in [6, 6.07) is -0.883. The third kappa shape index (κ3) is 62.0. The molecule has 0 saturated carbocycles. The van der Waals surface area contributed by atoms with E-state index in [1.807, 2.05) is 27.2 Å². The number of allylic oxidation sites excluding steroid dienone is 23. The maximum absolute atomic E-state index is 13.0. The number of hydrogen-bond acceptors (Lipinski definition) is 5. The average Bonchev–Trinajstić information content (AvgIpc) is 3.42. The van der Waals surface area contributed by atoms with Crippen LogP contribution in [0.25, 0.3) is 0 Å². The predicted molar refractivity (Wildman–Crippen MR) is 350 cm³/mol. The van der Waals surface area contributed by atoms with Crippen LogP contribution in [0.3, 0.4) is 0 Å². The molecule has 0 aromatic rings. The highest BCUT2D eigenvalue weighted by Crippen LogP contribution is 2.43. The highest BCUT2D eigenvalue weighted by molar-refractivity contribution is 7.47. The summed E-state index contributed by atoms with van der Waals surface area (Å²) in [6.45, 7) is 4.67. The van der Waals surface area contributed by atoms with E-state index in [-0.39, 0.29) is 19.1 Å². The Kier molecular flexibility index (Phi) is 57.3. The molecule has 3 N–H and O–H groups in total. The third-order valence-electron chi connectivity index (χ3n) is 13.5. The van der Waals surface area contributed by atoms with E-state index in [0.29, 0.717) is 17.4 Å².